The fourth-order valence-electron chi connectivity index (χ4n) is 6.77. The molecule has 5 rings (SSSR count). The fourth-order valence-corrected chi connectivity index (χ4v) is 6.77. The van der Waals surface area contributed by atoms with Crippen molar-refractivity contribution in [2.75, 3.05) is 33.0 Å². The predicted octanol–water partition coefficient (Wildman–Crippen LogP) is 1.88. The van der Waals surface area contributed by atoms with E-state index < -0.39 is 24.4 Å². The number of hydrogen-bond acceptors (Lipinski definition) is 6. The van der Waals surface area contributed by atoms with Gasteiger partial charge in [0, 0.05) is 19.8 Å². The number of aliphatic hydroxyl groups excluding tert-OH is 3. The van der Waals surface area contributed by atoms with Crippen molar-refractivity contribution in [3.8, 4) is 0 Å². The molecule has 4 aliphatic carbocycles. The van der Waals surface area contributed by atoms with Crippen LogP contribution in [0.2, 0.25) is 0 Å². The molecule has 0 radical (unpaired) electrons. The van der Waals surface area contributed by atoms with Crippen LogP contribution in [0.15, 0.2) is 0 Å². The number of piperidine rings is 1. The van der Waals surface area contributed by atoms with Gasteiger partial charge in [0.15, 0.2) is 0 Å². The van der Waals surface area contributed by atoms with E-state index in [1.54, 1.807) is 0 Å². The van der Waals surface area contributed by atoms with E-state index in [9.17, 15) is 10.2 Å². The minimum Gasteiger partial charge on any atom is -0.395 e. The monoisotopic (exact) mass is 433 g/mol. The average Bonchev–Trinajstić information content (AvgIpc) is 2.66. The number of nitrogens with one attached hydrogen (secondary N) is 1. The zero-order valence-electron chi connectivity index (χ0n) is 17.5. The molecule has 0 aromatic rings. The summed E-state index contributed by atoms with van der Waals surface area (Å²) in [6.45, 7) is 2.66. The van der Waals surface area contributed by atoms with E-state index in [2.05, 4.69) is 5.32 Å². The van der Waals surface area contributed by atoms with Gasteiger partial charge in [-0.25, -0.2) is 0 Å². The Morgan fingerprint density at radius 1 is 0.862 bits per heavy atom. The molecule has 0 spiro atoms. The van der Waals surface area contributed by atoms with E-state index in [-0.39, 0.29) is 19.0 Å². The molecule has 7 heteroatoms. The summed E-state index contributed by atoms with van der Waals surface area (Å²) in [5, 5.41) is 32.2. The maximum Gasteiger partial charge on any atom is 0.109 e. The van der Waals surface area contributed by atoms with Crippen molar-refractivity contribution < 1.29 is 24.8 Å². The van der Waals surface area contributed by atoms with Crippen molar-refractivity contribution in [3.63, 3.8) is 0 Å². The van der Waals surface area contributed by atoms with E-state index in [4.69, 9.17) is 14.6 Å². The molecule has 1 heterocycles. The highest BCUT2D eigenvalue weighted by atomic mass is 35.5. The molecule has 0 unspecified atom stereocenters. The van der Waals surface area contributed by atoms with Gasteiger partial charge in [-0.3, -0.25) is 0 Å². The van der Waals surface area contributed by atoms with Crippen LogP contribution in [-0.2, 0) is 9.47 Å². The first-order chi connectivity index (χ1) is 13.6. The first-order valence-electron chi connectivity index (χ1n) is 11.5. The van der Waals surface area contributed by atoms with Gasteiger partial charge in [0.2, 0.25) is 0 Å². The average molecular weight is 434 g/mol. The molecule has 5 fully saturated rings. The Kier molecular flexibility index (Phi) is 8.65. The second-order valence-electron chi connectivity index (χ2n) is 10.1. The van der Waals surface area contributed by atoms with Crippen LogP contribution in [0.4, 0.5) is 0 Å². The van der Waals surface area contributed by atoms with Gasteiger partial charge in [-0.1, -0.05) is 0 Å². The summed E-state index contributed by atoms with van der Waals surface area (Å²) in [7, 11) is 0. The van der Waals surface area contributed by atoms with E-state index in [1.165, 1.54) is 38.5 Å². The van der Waals surface area contributed by atoms with Crippen molar-refractivity contribution >= 4 is 12.4 Å². The summed E-state index contributed by atoms with van der Waals surface area (Å²) < 4.78 is 11.9. The largest absolute Gasteiger partial charge is 0.395 e. The van der Waals surface area contributed by atoms with Crippen LogP contribution in [0.5, 0.6) is 0 Å². The molecule has 4 bridgehead atoms. The summed E-state index contributed by atoms with van der Waals surface area (Å²) in [5.41, 5.74) is 0.509. The lowest BCUT2D eigenvalue weighted by Crippen LogP contribution is -2.61. The first-order valence-corrected chi connectivity index (χ1v) is 11.5. The third-order valence-electron chi connectivity index (χ3n) is 7.76. The van der Waals surface area contributed by atoms with Crippen molar-refractivity contribution in [2.45, 2.75) is 82.1 Å². The molecule has 4 saturated carbocycles. The topological polar surface area (TPSA) is 91.2 Å². The minimum absolute atomic E-state index is 0. The summed E-state index contributed by atoms with van der Waals surface area (Å²) >= 11 is 0. The predicted molar refractivity (Wildman–Crippen MR) is 113 cm³/mol. The van der Waals surface area contributed by atoms with Gasteiger partial charge in [0.25, 0.3) is 0 Å². The second kappa shape index (κ2) is 10.6. The quantitative estimate of drug-likeness (QED) is 0.393. The van der Waals surface area contributed by atoms with Crippen molar-refractivity contribution in [2.24, 2.45) is 23.2 Å². The number of ether oxygens (including phenoxy) is 2. The van der Waals surface area contributed by atoms with Gasteiger partial charge >= 0.3 is 0 Å². The van der Waals surface area contributed by atoms with Crippen molar-refractivity contribution in [1.29, 1.82) is 0 Å². The van der Waals surface area contributed by atoms with Gasteiger partial charge in [-0.15, -0.1) is 12.4 Å². The lowest BCUT2D eigenvalue weighted by molar-refractivity contribution is -0.124. The fraction of sp³-hybridized carbons (Fsp3) is 1.00. The summed E-state index contributed by atoms with van der Waals surface area (Å²) in [6, 6.07) is -0.471. The Balaban J connectivity index is 0.00000240. The van der Waals surface area contributed by atoms with Crippen LogP contribution < -0.4 is 5.32 Å². The molecule has 1 saturated heterocycles. The molecule has 170 valence electrons. The van der Waals surface area contributed by atoms with Crippen LogP contribution in [0.25, 0.3) is 0 Å². The van der Waals surface area contributed by atoms with Crippen LogP contribution >= 0.6 is 12.4 Å². The van der Waals surface area contributed by atoms with Crippen LogP contribution in [-0.4, -0.2) is 72.6 Å². The SMILES string of the molecule is Cl.OC[C@H]1NC[C@H](OCCCCCOCC23CC4CC(CC(C4)C2)C3)[C@@H](O)[C@@H]1O. The lowest BCUT2D eigenvalue weighted by Gasteiger charge is -2.56. The normalized spacial score (nSPS) is 43.3. The number of unbranched alkanes of at least 4 members (excludes halogenated alkanes) is 2. The van der Waals surface area contributed by atoms with E-state index >= 15 is 0 Å². The molecular weight excluding hydrogens is 394 g/mol. The zero-order valence-corrected chi connectivity index (χ0v) is 18.3. The van der Waals surface area contributed by atoms with Gasteiger partial charge in [0.05, 0.1) is 31.5 Å². The molecule has 6 nitrogen and oxygen atoms in total. The van der Waals surface area contributed by atoms with Gasteiger partial charge in [0.1, 0.15) is 6.10 Å². The molecule has 29 heavy (non-hydrogen) atoms. The van der Waals surface area contributed by atoms with E-state index in [0.717, 1.165) is 50.2 Å². The van der Waals surface area contributed by atoms with Crippen molar-refractivity contribution in [3.05, 3.63) is 0 Å². The minimum atomic E-state index is -0.985. The summed E-state index contributed by atoms with van der Waals surface area (Å²) in [4.78, 5) is 0. The standard InChI is InChI=1S/C22H39NO5.ClH/c24-13-18-20(25)21(26)19(12-23-18)28-5-3-1-2-4-27-14-22-9-15-6-16(10-22)8-17(7-15)11-22;/h15-21,23-26H,1-14H2;1H/t15?,16?,17?,18-,19+,20-,21-,22?;/m1./s1. The number of rotatable bonds is 10. The molecule has 0 aromatic carbocycles. The molecule has 5 aliphatic rings. The molecule has 1 aliphatic heterocycles. The lowest BCUT2D eigenvalue weighted by atomic mass is 9.50. The Morgan fingerprint density at radius 3 is 2.10 bits per heavy atom. The van der Waals surface area contributed by atoms with E-state index in [0.29, 0.717) is 18.6 Å². The highest BCUT2D eigenvalue weighted by Crippen LogP contribution is 2.60. The molecule has 0 aromatic heterocycles. The summed E-state index contributed by atoms with van der Waals surface area (Å²) in [5.74, 6) is 2.97. The molecular formula is C22H40ClNO5. The maximum atomic E-state index is 10.1. The smallest absolute Gasteiger partial charge is 0.109 e. The number of hydrogen-bond donors (Lipinski definition) is 4. The third kappa shape index (κ3) is 5.65. The third-order valence-corrected chi connectivity index (χ3v) is 7.76. The van der Waals surface area contributed by atoms with Gasteiger partial charge in [-0.05, 0) is 81.0 Å². The van der Waals surface area contributed by atoms with Gasteiger partial charge in [-0.2, -0.15) is 0 Å². The Labute approximate surface area is 181 Å². The zero-order chi connectivity index (χ0) is 19.6. The summed E-state index contributed by atoms with van der Waals surface area (Å²) in [6.07, 6.45) is 9.40. The molecule has 4 atom stereocenters. The van der Waals surface area contributed by atoms with Gasteiger partial charge < -0.3 is 30.1 Å². The number of halogens is 1. The highest BCUT2D eigenvalue weighted by Gasteiger charge is 2.50. The maximum absolute atomic E-state index is 10.1. The molecule has 0 amide bonds. The van der Waals surface area contributed by atoms with Crippen LogP contribution in [0, 0.1) is 23.2 Å². The molecule has 4 N–H and O–H groups in total. The Morgan fingerprint density at radius 2 is 1.48 bits per heavy atom. The number of aliphatic hydroxyl groups is 3. The van der Waals surface area contributed by atoms with Crippen molar-refractivity contribution in [1.82, 2.24) is 5.32 Å². The Hall–Kier alpha value is 0.0500. The van der Waals surface area contributed by atoms with Crippen LogP contribution in [0.3, 0.4) is 0 Å². The van der Waals surface area contributed by atoms with Crippen LogP contribution in [0.1, 0.15) is 57.8 Å². The first kappa shape index (κ1) is 23.7. The Bertz CT molecular complexity index is 472. The second-order valence-corrected chi connectivity index (χ2v) is 10.1. The van der Waals surface area contributed by atoms with E-state index in [1.807, 2.05) is 0 Å². The highest BCUT2D eigenvalue weighted by molar-refractivity contribution is 5.85.